The van der Waals surface area contributed by atoms with Crippen molar-refractivity contribution in [3.8, 4) is 0 Å². The molecular formula is C18H34NO3+. The van der Waals surface area contributed by atoms with Crippen molar-refractivity contribution in [2.24, 2.45) is 23.2 Å². The largest absolute Gasteiger partial charge is 0.385 e. The summed E-state index contributed by atoms with van der Waals surface area (Å²) in [4.78, 5) is 0. The highest BCUT2D eigenvalue weighted by atomic mass is 16.5. The van der Waals surface area contributed by atoms with E-state index in [1.165, 1.54) is 12.8 Å². The Balaban J connectivity index is 1.50. The topological polar surface area (TPSA) is 38.7 Å². The van der Waals surface area contributed by atoms with Crippen LogP contribution in [0.4, 0.5) is 0 Å². The van der Waals surface area contributed by atoms with Gasteiger partial charge in [0.05, 0.1) is 33.0 Å². The van der Waals surface area contributed by atoms with Gasteiger partial charge in [-0.25, -0.2) is 0 Å². The molecule has 1 N–H and O–H groups in total. The molecule has 0 spiro atoms. The minimum atomic E-state index is -0.363. The monoisotopic (exact) mass is 312 g/mol. The Kier molecular flexibility index (Phi) is 4.59. The van der Waals surface area contributed by atoms with Crippen LogP contribution in [0.15, 0.2) is 0 Å². The molecular weight excluding hydrogens is 278 g/mol. The summed E-state index contributed by atoms with van der Waals surface area (Å²) in [5, 5.41) is 10.4. The Morgan fingerprint density at radius 1 is 1.23 bits per heavy atom. The van der Waals surface area contributed by atoms with Gasteiger partial charge >= 0.3 is 0 Å². The quantitative estimate of drug-likeness (QED) is 0.788. The Morgan fingerprint density at radius 2 is 1.86 bits per heavy atom. The second kappa shape index (κ2) is 6.04. The van der Waals surface area contributed by atoms with E-state index in [9.17, 15) is 5.11 Å². The first-order valence-electron chi connectivity index (χ1n) is 9.04. The van der Waals surface area contributed by atoms with Gasteiger partial charge < -0.3 is 19.1 Å². The Labute approximate surface area is 135 Å². The first-order valence-corrected chi connectivity index (χ1v) is 9.04. The average molecular weight is 312 g/mol. The zero-order valence-electron chi connectivity index (χ0n) is 14.8. The van der Waals surface area contributed by atoms with Gasteiger partial charge in [-0.1, -0.05) is 20.8 Å². The van der Waals surface area contributed by atoms with Crippen molar-refractivity contribution in [1.29, 1.82) is 0 Å². The predicted molar refractivity (Wildman–Crippen MR) is 86.5 cm³/mol. The number of hydrogen-bond acceptors (Lipinski definition) is 3. The van der Waals surface area contributed by atoms with Crippen molar-refractivity contribution >= 4 is 0 Å². The summed E-state index contributed by atoms with van der Waals surface area (Å²) in [6.07, 6.45) is 2.64. The summed E-state index contributed by atoms with van der Waals surface area (Å²) < 4.78 is 12.6. The van der Waals surface area contributed by atoms with E-state index in [1.807, 2.05) is 0 Å². The lowest BCUT2D eigenvalue weighted by molar-refractivity contribution is -0.919. The minimum Gasteiger partial charge on any atom is -0.385 e. The number of fused-ring (bicyclic) bond motifs is 2. The predicted octanol–water partition coefficient (Wildman–Crippen LogP) is 1.91. The van der Waals surface area contributed by atoms with Crippen LogP contribution in [0.1, 0.15) is 33.6 Å². The zero-order chi connectivity index (χ0) is 16.0. The first-order chi connectivity index (χ1) is 10.3. The molecule has 0 amide bonds. The third kappa shape index (κ3) is 2.95. The second-order valence-corrected chi connectivity index (χ2v) is 8.78. The molecule has 3 rings (SSSR count). The van der Waals surface area contributed by atoms with Gasteiger partial charge in [-0.2, -0.15) is 0 Å². The zero-order valence-corrected chi connectivity index (χ0v) is 14.8. The molecule has 0 aromatic carbocycles. The Bertz CT molecular complexity index is 392. The number of ether oxygens (including phenoxy) is 2. The lowest BCUT2D eigenvalue weighted by Gasteiger charge is -2.39. The minimum absolute atomic E-state index is 0.346. The summed E-state index contributed by atoms with van der Waals surface area (Å²) in [6, 6.07) is 0. The van der Waals surface area contributed by atoms with Crippen LogP contribution in [0, 0.1) is 23.2 Å². The smallest absolute Gasteiger partial charge is 0.126 e. The highest BCUT2D eigenvalue weighted by Gasteiger charge is 2.57. The number of hydrogen-bond donors (Lipinski definition) is 1. The van der Waals surface area contributed by atoms with E-state index in [2.05, 4.69) is 27.8 Å². The summed E-state index contributed by atoms with van der Waals surface area (Å²) in [6.45, 7) is 12.0. The van der Waals surface area contributed by atoms with E-state index in [-0.39, 0.29) is 6.10 Å². The first kappa shape index (κ1) is 16.7. The van der Waals surface area contributed by atoms with Gasteiger partial charge in [-0.05, 0) is 36.0 Å². The lowest BCUT2D eigenvalue weighted by atomic mass is 9.80. The van der Waals surface area contributed by atoms with Crippen LogP contribution in [0.25, 0.3) is 0 Å². The van der Waals surface area contributed by atoms with Crippen LogP contribution in [0.3, 0.4) is 0 Å². The van der Waals surface area contributed by atoms with Crippen LogP contribution in [0.2, 0.25) is 0 Å². The van der Waals surface area contributed by atoms with Crippen molar-refractivity contribution in [3.05, 3.63) is 0 Å². The fraction of sp³-hybridized carbons (Fsp3) is 1.00. The third-order valence-electron chi connectivity index (χ3n) is 6.93. The number of aliphatic hydroxyl groups excluding tert-OH is 1. The maximum absolute atomic E-state index is 10.4. The van der Waals surface area contributed by atoms with Crippen LogP contribution < -0.4 is 0 Å². The van der Waals surface area contributed by atoms with Crippen LogP contribution in [-0.2, 0) is 9.47 Å². The van der Waals surface area contributed by atoms with Gasteiger partial charge in [0.15, 0.2) is 0 Å². The van der Waals surface area contributed by atoms with E-state index in [0.29, 0.717) is 30.0 Å². The van der Waals surface area contributed by atoms with Crippen molar-refractivity contribution < 1.29 is 19.1 Å². The van der Waals surface area contributed by atoms with Crippen molar-refractivity contribution in [3.63, 3.8) is 0 Å². The van der Waals surface area contributed by atoms with Gasteiger partial charge in [0.2, 0.25) is 0 Å². The summed E-state index contributed by atoms with van der Waals surface area (Å²) >= 11 is 0. The van der Waals surface area contributed by atoms with Gasteiger partial charge in [-0.15, -0.1) is 0 Å². The number of morpholine rings is 1. The molecule has 3 fully saturated rings. The summed E-state index contributed by atoms with van der Waals surface area (Å²) in [5.41, 5.74) is 0.414. The Morgan fingerprint density at radius 3 is 2.45 bits per heavy atom. The molecule has 4 nitrogen and oxygen atoms in total. The molecule has 2 aliphatic carbocycles. The molecule has 5 atom stereocenters. The van der Waals surface area contributed by atoms with E-state index < -0.39 is 0 Å². The van der Waals surface area contributed by atoms with Crippen LogP contribution >= 0.6 is 0 Å². The molecule has 4 heteroatoms. The normalized spacial score (nSPS) is 40.8. The Hall–Kier alpha value is -0.160. The highest BCUT2D eigenvalue weighted by molar-refractivity contribution is 5.06. The van der Waals surface area contributed by atoms with Gasteiger partial charge in [-0.3, -0.25) is 0 Å². The fourth-order valence-corrected chi connectivity index (χ4v) is 5.52. The number of quaternary nitrogens is 1. The SMILES string of the molecule is C[C@@H]1[C@@H](OC[C@@H](O)C[N+]2(C)CCOCC2)[C@@H]2CC[C@H]1C2(C)C. The highest BCUT2D eigenvalue weighted by Crippen LogP contribution is 2.60. The molecule has 0 unspecified atom stereocenters. The van der Waals surface area contributed by atoms with Gasteiger partial charge in [0.1, 0.15) is 25.7 Å². The van der Waals surface area contributed by atoms with E-state index in [0.717, 1.165) is 43.2 Å². The fourth-order valence-electron chi connectivity index (χ4n) is 5.52. The molecule has 3 aliphatic rings. The number of aliphatic hydroxyl groups is 1. The van der Waals surface area contributed by atoms with Crippen molar-refractivity contribution in [2.75, 3.05) is 46.5 Å². The van der Waals surface area contributed by atoms with Gasteiger partial charge in [0, 0.05) is 0 Å². The van der Waals surface area contributed by atoms with E-state index >= 15 is 0 Å². The standard InChI is InChI=1S/C18H34NO3/c1-13-15-5-6-16(18(15,2)3)17(13)22-12-14(20)11-19(4)7-9-21-10-8-19/h13-17,20H,5-12H2,1-4H3/q+1/t13-,14-,15+,16-,17+/m0/s1. The number of rotatable bonds is 5. The molecule has 22 heavy (non-hydrogen) atoms. The van der Waals surface area contributed by atoms with Crippen LogP contribution in [-0.4, -0.2) is 68.3 Å². The molecule has 1 aliphatic heterocycles. The van der Waals surface area contributed by atoms with Crippen LogP contribution in [0.5, 0.6) is 0 Å². The number of nitrogens with zero attached hydrogens (tertiary/aromatic N) is 1. The van der Waals surface area contributed by atoms with E-state index in [4.69, 9.17) is 9.47 Å². The second-order valence-electron chi connectivity index (χ2n) is 8.78. The average Bonchev–Trinajstić information content (AvgIpc) is 2.83. The molecule has 2 bridgehead atoms. The molecule has 0 aromatic rings. The molecule has 0 aromatic heterocycles. The molecule has 1 heterocycles. The maximum atomic E-state index is 10.4. The van der Waals surface area contributed by atoms with E-state index in [1.54, 1.807) is 0 Å². The molecule has 2 saturated carbocycles. The maximum Gasteiger partial charge on any atom is 0.126 e. The summed E-state index contributed by atoms with van der Waals surface area (Å²) in [7, 11) is 2.22. The summed E-state index contributed by atoms with van der Waals surface area (Å²) in [5.74, 6) is 2.10. The molecule has 128 valence electrons. The van der Waals surface area contributed by atoms with Gasteiger partial charge in [0.25, 0.3) is 0 Å². The number of likely N-dealkylation sites (N-methyl/N-ethyl adjacent to an activating group) is 1. The molecule has 1 saturated heterocycles. The molecule has 0 radical (unpaired) electrons. The lowest BCUT2D eigenvalue weighted by Crippen LogP contribution is -2.56. The van der Waals surface area contributed by atoms with Crippen molar-refractivity contribution in [2.45, 2.75) is 45.8 Å². The third-order valence-corrected chi connectivity index (χ3v) is 6.93. The van der Waals surface area contributed by atoms with Crippen molar-refractivity contribution in [1.82, 2.24) is 0 Å².